The molecule has 2 N–H and O–H groups in total. The summed E-state index contributed by atoms with van der Waals surface area (Å²) in [6.45, 7) is 7.68. The minimum Gasteiger partial charge on any atom is -0.347 e. The van der Waals surface area contributed by atoms with E-state index in [-0.39, 0.29) is 22.4 Å². The lowest BCUT2D eigenvalue weighted by Gasteiger charge is -2.25. The zero-order valence-corrected chi connectivity index (χ0v) is 14.4. The highest BCUT2D eigenvalue weighted by Gasteiger charge is 2.29. The first kappa shape index (κ1) is 17.0. The van der Waals surface area contributed by atoms with Crippen molar-refractivity contribution in [2.75, 3.05) is 0 Å². The van der Waals surface area contributed by atoms with E-state index in [0.717, 1.165) is 24.8 Å². The summed E-state index contributed by atoms with van der Waals surface area (Å²) in [5, 5.41) is 2.94. The van der Waals surface area contributed by atoms with Crippen LogP contribution in [0.5, 0.6) is 0 Å². The first-order chi connectivity index (χ1) is 10.1. The lowest BCUT2D eigenvalue weighted by molar-refractivity contribution is 0.0910. The van der Waals surface area contributed by atoms with Gasteiger partial charge in [-0.25, -0.2) is 13.1 Å². The molecule has 0 spiro atoms. The summed E-state index contributed by atoms with van der Waals surface area (Å²) in [6, 6.07) is 4.72. The molecule has 1 aromatic carbocycles. The van der Waals surface area contributed by atoms with E-state index in [1.54, 1.807) is 19.1 Å². The Balaban J connectivity index is 2.28. The molecule has 0 unspecified atom stereocenters. The van der Waals surface area contributed by atoms with Gasteiger partial charge < -0.3 is 5.32 Å². The van der Waals surface area contributed by atoms with Crippen LogP contribution < -0.4 is 10.0 Å². The minimum atomic E-state index is -3.55. The fourth-order valence-corrected chi connectivity index (χ4v) is 3.30. The molecule has 2 rings (SSSR count). The van der Waals surface area contributed by atoms with Gasteiger partial charge in [-0.3, -0.25) is 4.79 Å². The van der Waals surface area contributed by atoms with Gasteiger partial charge in [-0.05, 0) is 57.7 Å². The van der Waals surface area contributed by atoms with Crippen molar-refractivity contribution in [1.82, 2.24) is 10.0 Å². The van der Waals surface area contributed by atoms with E-state index in [2.05, 4.69) is 10.0 Å². The van der Waals surface area contributed by atoms with Crippen LogP contribution in [-0.4, -0.2) is 25.9 Å². The fraction of sp³-hybridized carbons (Fsp3) is 0.562. The van der Waals surface area contributed by atoms with Crippen LogP contribution in [0.3, 0.4) is 0 Å². The molecule has 0 radical (unpaired) electrons. The van der Waals surface area contributed by atoms with E-state index in [4.69, 9.17) is 0 Å². The summed E-state index contributed by atoms with van der Waals surface area (Å²) in [7, 11) is -3.55. The third-order valence-electron chi connectivity index (χ3n) is 4.00. The number of carbonyl (C=O) groups is 1. The number of sulfonamides is 1. The van der Waals surface area contributed by atoms with Crippen LogP contribution >= 0.6 is 0 Å². The number of carbonyl (C=O) groups excluding carboxylic acids is 1. The topological polar surface area (TPSA) is 75.3 Å². The van der Waals surface area contributed by atoms with Crippen LogP contribution in [-0.2, 0) is 10.0 Å². The molecule has 1 amide bonds. The molecule has 5 nitrogen and oxygen atoms in total. The maximum Gasteiger partial charge on any atom is 0.252 e. The largest absolute Gasteiger partial charge is 0.347 e. The Bertz CT molecular complexity index is 677. The average molecular weight is 324 g/mol. The normalized spacial score (nSPS) is 15.6. The molecule has 0 atom stereocenters. The number of hydrogen-bond acceptors (Lipinski definition) is 3. The molecule has 1 fully saturated rings. The standard InChI is InChI=1S/C16H24N2O3S/c1-5-16(3,4)17-15(19)14-10-13(9-6-11(14)2)22(20,21)18-12-7-8-12/h6,9-10,12,18H,5,7-8H2,1-4H3,(H,17,19). The Kier molecular flexibility index (Phi) is 4.63. The predicted octanol–water partition coefficient (Wildman–Crippen LogP) is 2.35. The molecule has 1 aromatic rings. The zero-order valence-electron chi connectivity index (χ0n) is 13.6. The molecule has 6 heteroatoms. The molecule has 1 aliphatic rings. The van der Waals surface area contributed by atoms with Gasteiger partial charge in [0.2, 0.25) is 10.0 Å². The Hall–Kier alpha value is -1.40. The summed E-state index contributed by atoms with van der Waals surface area (Å²) in [5.41, 5.74) is 0.833. The van der Waals surface area contributed by atoms with Crippen molar-refractivity contribution in [2.24, 2.45) is 0 Å². The number of amides is 1. The van der Waals surface area contributed by atoms with E-state index < -0.39 is 10.0 Å². The summed E-state index contributed by atoms with van der Waals surface area (Å²) in [6.07, 6.45) is 2.55. The predicted molar refractivity (Wildman–Crippen MR) is 86.4 cm³/mol. The van der Waals surface area contributed by atoms with Crippen molar-refractivity contribution in [3.63, 3.8) is 0 Å². The van der Waals surface area contributed by atoms with Crippen molar-refractivity contribution in [2.45, 2.75) is 63.4 Å². The fourth-order valence-electron chi connectivity index (χ4n) is 1.96. The lowest BCUT2D eigenvalue weighted by atomic mass is 10.0. The van der Waals surface area contributed by atoms with Gasteiger partial charge in [0.25, 0.3) is 5.91 Å². The number of aryl methyl sites for hydroxylation is 1. The SMILES string of the molecule is CCC(C)(C)NC(=O)c1cc(S(=O)(=O)NC2CC2)ccc1C. The van der Waals surface area contributed by atoms with Crippen LogP contribution in [0.1, 0.15) is 56.0 Å². The lowest BCUT2D eigenvalue weighted by Crippen LogP contribution is -2.43. The van der Waals surface area contributed by atoms with E-state index >= 15 is 0 Å². The number of rotatable bonds is 6. The summed E-state index contributed by atoms with van der Waals surface area (Å²) >= 11 is 0. The van der Waals surface area contributed by atoms with Gasteiger partial charge in [0.1, 0.15) is 0 Å². The molecular weight excluding hydrogens is 300 g/mol. The van der Waals surface area contributed by atoms with Gasteiger partial charge in [-0.1, -0.05) is 13.0 Å². The van der Waals surface area contributed by atoms with Crippen molar-refractivity contribution in [1.29, 1.82) is 0 Å². The van der Waals surface area contributed by atoms with Gasteiger partial charge in [0.05, 0.1) is 4.90 Å². The van der Waals surface area contributed by atoms with Crippen LogP contribution in [0.2, 0.25) is 0 Å². The van der Waals surface area contributed by atoms with Crippen molar-refractivity contribution < 1.29 is 13.2 Å². The van der Waals surface area contributed by atoms with Gasteiger partial charge in [-0.2, -0.15) is 0 Å². The Morgan fingerprint density at radius 3 is 2.50 bits per heavy atom. The summed E-state index contributed by atoms with van der Waals surface area (Å²) < 4.78 is 27.2. The number of benzene rings is 1. The quantitative estimate of drug-likeness (QED) is 0.843. The van der Waals surface area contributed by atoms with Crippen molar-refractivity contribution >= 4 is 15.9 Å². The van der Waals surface area contributed by atoms with Crippen LogP contribution in [0, 0.1) is 6.92 Å². The van der Waals surface area contributed by atoms with Crippen molar-refractivity contribution in [3.8, 4) is 0 Å². The molecule has 0 heterocycles. The zero-order chi connectivity index (χ0) is 16.5. The number of nitrogens with one attached hydrogen (secondary N) is 2. The maximum absolute atomic E-state index is 12.4. The third-order valence-corrected chi connectivity index (χ3v) is 5.52. The molecule has 0 aliphatic heterocycles. The Morgan fingerprint density at radius 2 is 1.95 bits per heavy atom. The molecule has 22 heavy (non-hydrogen) atoms. The second-order valence-electron chi connectivity index (χ2n) is 6.56. The molecule has 0 aromatic heterocycles. The van der Waals surface area contributed by atoms with E-state index in [1.807, 2.05) is 20.8 Å². The first-order valence-electron chi connectivity index (χ1n) is 7.60. The van der Waals surface area contributed by atoms with Gasteiger partial charge >= 0.3 is 0 Å². The maximum atomic E-state index is 12.4. The van der Waals surface area contributed by atoms with Crippen LogP contribution in [0.15, 0.2) is 23.1 Å². The monoisotopic (exact) mass is 324 g/mol. The van der Waals surface area contributed by atoms with Crippen LogP contribution in [0.4, 0.5) is 0 Å². The van der Waals surface area contributed by atoms with Crippen LogP contribution in [0.25, 0.3) is 0 Å². The smallest absolute Gasteiger partial charge is 0.252 e. The summed E-state index contributed by atoms with van der Waals surface area (Å²) in [5.74, 6) is -0.243. The minimum absolute atomic E-state index is 0.0441. The molecule has 1 aliphatic carbocycles. The second-order valence-corrected chi connectivity index (χ2v) is 8.28. The Labute approximate surface area is 132 Å². The molecule has 122 valence electrons. The third kappa shape index (κ3) is 4.08. The highest BCUT2D eigenvalue weighted by Crippen LogP contribution is 2.23. The first-order valence-corrected chi connectivity index (χ1v) is 9.08. The molecule has 0 bridgehead atoms. The molecular formula is C16H24N2O3S. The van der Waals surface area contributed by atoms with Crippen molar-refractivity contribution in [3.05, 3.63) is 29.3 Å². The summed E-state index contributed by atoms with van der Waals surface area (Å²) in [4.78, 5) is 12.6. The van der Waals surface area contributed by atoms with E-state index in [9.17, 15) is 13.2 Å². The highest BCUT2D eigenvalue weighted by molar-refractivity contribution is 7.89. The second kappa shape index (κ2) is 6.01. The molecule has 1 saturated carbocycles. The van der Waals surface area contributed by atoms with Gasteiger partial charge in [0, 0.05) is 17.1 Å². The molecule has 0 saturated heterocycles. The van der Waals surface area contributed by atoms with E-state index in [0.29, 0.717) is 5.56 Å². The number of hydrogen-bond donors (Lipinski definition) is 2. The van der Waals surface area contributed by atoms with Gasteiger partial charge in [-0.15, -0.1) is 0 Å². The van der Waals surface area contributed by atoms with E-state index in [1.165, 1.54) is 6.07 Å². The highest BCUT2D eigenvalue weighted by atomic mass is 32.2. The Morgan fingerprint density at radius 1 is 1.32 bits per heavy atom. The average Bonchev–Trinajstić information content (AvgIpc) is 3.21. The van der Waals surface area contributed by atoms with Gasteiger partial charge in [0.15, 0.2) is 0 Å².